The van der Waals surface area contributed by atoms with E-state index in [0.29, 0.717) is 5.03 Å². The molecule has 1 rings (SSSR count). The van der Waals surface area contributed by atoms with Crippen molar-refractivity contribution in [1.29, 1.82) is 0 Å². The van der Waals surface area contributed by atoms with Crippen molar-refractivity contribution in [1.82, 2.24) is 10.2 Å². The van der Waals surface area contributed by atoms with Crippen LogP contribution in [0, 0.1) is 6.92 Å². The van der Waals surface area contributed by atoms with Crippen molar-refractivity contribution < 1.29 is 9.90 Å². The number of thioether (sulfide) groups is 1. The van der Waals surface area contributed by atoms with Gasteiger partial charge in [0.25, 0.3) is 0 Å². The molecule has 0 aliphatic rings. The zero-order valence-corrected chi connectivity index (χ0v) is 8.21. The fourth-order valence-electron chi connectivity index (χ4n) is 0.681. The highest BCUT2D eigenvalue weighted by Crippen LogP contribution is 2.19. The third-order valence-electron chi connectivity index (χ3n) is 1.42. The maximum atomic E-state index is 10.5. The Morgan fingerprint density at radius 3 is 2.69 bits per heavy atom. The van der Waals surface area contributed by atoms with Crippen LogP contribution < -0.4 is 0 Å². The van der Waals surface area contributed by atoms with Gasteiger partial charge in [-0.3, -0.25) is 4.79 Å². The van der Waals surface area contributed by atoms with Gasteiger partial charge in [0.1, 0.15) is 10.3 Å². The molecule has 1 aromatic heterocycles. The van der Waals surface area contributed by atoms with E-state index in [4.69, 9.17) is 5.11 Å². The lowest BCUT2D eigenvalue weighted by molar-refractivity contribution is -0.136. The van der Waals surface area contributed by atoms with E-state index in [1.807, 2.05) is 13.0 Å². The molecule has 70 valence electrons. The van der Waals surface area contributed by atoms with E-state index in [1.165, 1.54) is 11.8 Å². The molecule has 5 heteroatoms. The second kappa shape index (κ2) is 4.23. The lowest BCUT2D eigenvalue weighted by Gasteiger charge is -2.03. The van der Waals surface area contributed by atoms with Gasteiger partial charge in [0.2, 0.25) is 0 Å². The van der Waals surface area contributed by atoms with Crippen LogP contribution in [0.15, 0.2) is 17.2 Å². The van der Waals surface area contributed by atoms with Crippen molar-refractivity contribution in [2.24, 2.45) is 0 Å². The first kappa shape index (κ1) is 9.98. The molecule has 0 aromatic carbocycles. The number of hydrogen-bond donors (Lipinski definition) is 1. The summed E-state index contributed by atoms with van der Waals surface area (Å²) in [7, 11) is 0. The summed E-state index contributed by atoms with van der Waals surface area (Å²) in [5.41, 5.74) is 0.826. The Bertz CT molecular complexity index is 300. The summed E-state index contributed by atoms with van der Waals surface area (Å²) >= 11 is 1.19. The van der Waals surface area contributed by atoms with E-state index in [-0.39, 0.29) is 0 Å². The van der Waals surface area contributed by atoms with Crippen molar-refractivity contribution in [2.45, 2.75) is 24.1 Å². The van der Waals surface area contributed by atoms with Crippen LogP contribution in [0.2, 0.25) is 0 Å². The second-order valence-corrected chi connectivity index (χ2v) is 3.97. The summed E-state index contributed by atoms with van der Waals surface area (Å²) in [5, 5.41) is 16.5. The minimum absolute atomic E-state index is 0.489. The topological polar surface area (TPSA) is 63.1 Å². The Balaban J connectivity index is 2.64. The number of aliphatic carboxylic acids is 1. The number of carbonyl (C=O) groups is 1. The predicted octanol–water partition coefficient (Wildman–Crippen LogP) is 1.35. The molecule has 1 aromatic rings. The largest absolute Gasteiger partial charge is 0.480 e. The summed E-state index contributed by atoms with van der Waals surface area (Å²) in [4.78, 5) is 10.5. The number of hydrogen-bond acceptors (Lipinski definition) is 4. The molecule has 0 aliphatic heterocycles. The van der Waals surface area contributed by atoms with Gasteiger partial charge in [-0.15, -0.1) is 5.10 Å². The van der Waals surface area contributed by atoms with Crippen LogP contribution >= 0.6 is 11.8 Å². The van der Waals surface area contributed by atoms with Gasteiger partial charge in [-0.25, -0.2) is 0 Å². The molecule has 0 aliphatic carbocycles. The Kier molecular flexibility index (Phi) is 3.25. The summed E-state index contributed by atoms with van der Waals surface area (Å²) in [6.45, 7) is 3.45. The highest BCUT2D eigenvalue weighted by Gasteiger charge is 2.12. The SMILES string of the molecule is Cc1ccc(SC(C)C(=O)O)nn1. The molecule has 0 fully saturated rings. The molecular formula is C8H10N2O2S. The summed E-state index contributed by atoms with van der Waals surface area (Å²) < 4.78 is 0. The molecule has 0 spiro atoms. The smallest absolute Gasteiger partial charge is 0.316 e. The third-order valence-corrected chi connectivity index (χ3v) is 2.43. The van der Waals surface area contributed by atoms with Gasteiger partial charge in [-0.05, 0) is 26.0 Å². The molecule has 0 saturated carbocycles. The Morgan fingerprint density at radius 2 is 2.23 bits per heavy atom. The van der Waals surface area contributed by atoms with Crippen LogP contribution in [0.5, 0.6) is 0 Å². The molecule has 1 unspecified atom stereocenters. The van der Waals surface area contributed by atoms with Crippen LogP contribution in [0.3, 0.4) is 0 Å². The van der Waals surface area contributed by atoms with Crippen molar-refractivity contribution in [2.75, 3.05) is 0 Å². The van der Waals surface area contributed by atoms with Crippen molar-refractivity contribution >= 4 is 17.7 Å². The highest BCUT2D eigenvalue weighted by molar-refractivity contribution is 8.00. The Morgan fingerprint density at radius 1 is 1.54 bits per heavy atom. The zero-order chi connectivity index (χ0) is 9.84. The summed E-state index contributed by atoms with van der Waals surface area (Å²) in [6, 6.07) is 3.58. The van der Waals surface area contributed by atoms with Crippen molar-refractivity contribution in [3.8, 4) is 0 Å². The van der Waals surface area contributed by atoms with Crippen LogP contribution in [0.25, 0.3) is 0 Å². The van der Waals surface area contributed by atoms with Crippen LogP contribution in [-0.4, -0.2) is 26.5 Å². The fourth-order valence-corrected chi connectivity index (χ4v) is 1.38. The van der Waals surface area contributed by atoms with Crippen molar-refractivity contribution in [3.05, 3.63) is 17.8 Å². The Hall–Kier alpha value is -1.10. The standard InChI is InChI=1S/C8H10N2O2S/c1-5-3-4-7(10-9-5)13-6(2)8(11)12/h3-4,6H,1-2H3,(H,11,12). The normalized spacial score (nSPS) is 12.5. The first-order valence-electron chi connectivity index (χ1n) is 3.79. The monoisotopic (exact) mass is 198 g/mol. The van der Waals surface area contributed by atoms with E-state index in [0.717, 1.165) is 5.69 Å². The molecule has 1 atom stereocenters. The number of aromatic nitrogens is 2. The number of aryl methyl sites for hydroxylation is 1. The predicted molar refractivity (Wildman–Crippen MR) is 49.7 cm³/mol. The van der Waals surface area contributed by atoms with Gasteiger partial charge in [0.15, 0.2) is 0 Å². The van der Waals surface area contributed by atoms with E-state index in [2.05, 4.69) is 10.2 Å². The molecule has 0 radical (unpaired) electrons. The molecule has 1 N–H and O–H groups in total. The molecule has 1 heterocycles. The zero-order valence-electron chi connectivity index (χ0n) is 7.39. The minimum atomic E-state index is -0.840. The van der Waals surface area contributed by atoms with E-state index < -0.39 is 11.2 Å². The average Bonchev–Trinajstić information content (AvgIpc) is 2.08. The molecule has 0 bridgehead atoms. The van der Waals surface area contributed by atoms with Gasteiger partial charge < -0.3 is 5.11 Å². The van der Waals surface area contributed by atoms with E-state index in [1.54, 1.807) is 13.0 Å². The Labute approximate surface area is 80.4 Å². The maximum absolute atomic E-state index is 10.5. The van der Waals surface area contributed by atoms with E-state index in [9.17, 15) is 4.79 Å². The number of nitrogens with zero attached hydrogens (tertiary/aromatic N) is 2. The number of carboxylic acids is 1. The molecule has 13 heavy (non-hydrogen) atoms. The molecule has 4 nitrogen and oxygen atoms in total. The van der Waals surface area contributed by atoms with Gasteiger partial charge in [0.05, 0.1) is 5.69 Å². The maximum Gasteiger partial charge on any atom is 0.316 e. The third kappa shape index (κ3) is 3.02. The fraction of sp³-hybridized carbons (Fsp3) is 0.375. The quantitative estimate of drug-likeness (QED) is 0.743. The van der Waals surface area contributed by atoms with Crippen molar-refractivity contribution in [3.63, 3.8) is 0 Å². The van der Waals surface area contributed by atoms with Gasteiger partial charge in [-0.1, -0.05) is 11.8 Å². The second-order valence-electron chi connectivity index (χ2n) is 2.61. The van der Waals surface area contributed by atoms with Crippen LogP contribution in [0.4, 0.5) is 0 Å². The highest BCUT2D eigenvalue weighted by atomic mass is 32.2. The minimum Gasteiger partial charge on any atom is -0.480 e. The average molecular weight is 198 g/mol. The molecule has 0 amide bonds. The van der Waals surface area contributed by atoms with Gasteiger partial charge in [0, 0.05) is 0 Å². The molecule has 0 saturated heterocycles. The summed E-state index contributed by atoms with van der Waals surface area (Å²) in [6.07, 6.45) is 0. The van der Waals surface area contributed by atoms with Gasteiger partial charge >= 0.3 is 5.97 Å². The number of rotatable bonds is 3. The number of carboxylic acid groups (broad SMARTS) is 1. The lowest BCUT2D eigenvalue weighted by atomic mass is 10.4. The first-order chi connectivity index (χ1) is 6.09. The van der Waals surface area contributed by atoms with Crippen LogP contribution in [-0.2, 0) is 4.79 Å². The molecular weight excluding hydrogens is 188 g/mol. The van der Waals surface area contributed by atoms with Crippen LogP contribution in [0.1, 0.15) is 12.6 Å². The summed E-state index contributed by atoms with van der Waals surface area (Å²) in [5.74, 6) is -0.840. The van der Waals surface area contributed by atoms with E-state index >= 15 is 0 Å². The van der Waals surface area contributed by atoms with Gasteiger partial charge in [-0.2, -0.15) is 5.10 Å². The lowest BCUT2D eigenvalue weighted by Crippen LogP contribution is -2.11. The first-order valence-corrected chi connectivity index (χ1v) is 4.67.